The van der Waals surface area contributed by atoms with Gasteiger partial charge >= 0.3 is 6.09 Å². The van der Waals surface area contributed by atoms with E-state index in [0.717, 1.165) is 22.4 Å². The average Bonchev–Trinajstić information content (AvgIpc) is 3.54. The summed E-state index contributed by atoms with van der Waals surface area (Å²) in [5.41, 5.74) is 11.7. The van der Waals surface area contributed by atoms with Crippen molar-refractivity contribution in [3.8, 4) is 0 Å². The minimum absolute atomic E-state index is 0.324. The van der Waals surface area contributed by atoms with E-state index in [4.69, 9.17) is 10.8 Å². The molecule has 1 aliphatic heterocycles. The zero-order valence-electron chi connectivity index (χ0n) is 16.3. The Kier molecular flexibility index (Phi) is 5.49. The minimum atomic E-state index is -1.19. The summed E-state index contributed by atoms with van der Waals surface area (Å²) in [4.78, 5) is 22.9. The number of aromatic nitrogens is 1. The van der Waals surface area contributed by atoms with Crippen LogP contribution >= 0.6 is 0 Å². The zero-order valence-corrected chi connectivity index (χ0v) is 16.3. The summed E-state index contributed by atoms with van der Waals surface area (Å²) < 4.78 is 1.88. The van der Waals surface area contributed by atoms with Crippen molar-refractivity contribution < 1.29 is 14.7 Å². The van der Waals surface area contributed by atoms with Gasteiger partial charge in [-0.3, -0.25) is 10.1 Å². The van der Waals surface area contributed by atoms with Crippen molar-refractivity contribution >= 4 is 34.8 Å². The summed E-state index contributed by atoms with van der Waals surface area (Å²) in [6.07, 6.45) is 5.03. The molecule has 0 bridgehead atoms. The molecule has 0 unspecified atom stereocenters. The van der Waals surface area contributed by atoms with Gasteiger partial charge in [0.15, 0.2) is 0 Å². The lowest BCUT2D eigenvalue weighted by molar-refractivity contribution is 0.0957. The van der Waals surface area contributed by atoms with Crippen molar-refractivity contribution in [2.45, 2.75) is 25.3 Å². The number of nitrogens with zero attached hydrogens (tertiary/aromatic N) is 2. The van der Waals surface area contributed by atoms with Crippen LogP contribution in [0.25, 0.3) is 10.9 Å². The lowest BCUT2D eigenvalue weighted by Crippen LogP contribution is -2.17. The summed E-state index contributed by atoms with van der Waals surface area (Å²) in [5.74, 6) is 0.528. The molecule has 1 aromatic heterocycles. The first-order valence-electron chi connectivity index (χ1n) is 9.82. The summed E-state index contributed by atoms with van der Waals surface area (Å²) in [7, 11) is 0. The number of hydrazone groups is 1. The second-order valence-corrected chi connectivity index (χ2v) is 7.30. The van der Waals surface area contributed by atoms with E-state index in [1.54, 1.807) is 12.3 Å². The van der Waals surface area contributed by atoms with E-state index in [1.807, 2.05) is 10.8 Å². The van der Waals surface area contributed by atoms with Gasteiger partial charge in [0, 0.05) is 35.9 Å². The van der Waals surface area contributed by atoms with Gasteiger partial charge in [0.1, 0.15) is 0 Å². The fourth-order valence-electron chi connectivity index (χ4n) is 3.62. The number of nitrogens with one attached hydrogen (secondary N) is 2. The molecule has 5 rings (SSSR count). The van der Waals surface area contributed by atoms with Crippen molar-refractivity contribution in [3.05, 3.63) is 65.4 Å². The Morgan fingerprint density at radius 2 is 2.03 bits per heavy atom. The number of benzene rings is 2. The van der Waals surface area contributed by atoms with Gasteiger partial charge in [0.2, 0.25) is 0 Å². The van der Waals surface area contributed by atoms with Crippen LogP contribution < -0.4 is 16.5 Å². The number of rotatable bonds is 4. The fourth-order valence-corrected chi connectivity index (χ4v) is 3.62. The summed E-state index contributed by atoms with van der Waals surface area (Å²) in [5, 5.41) is 15.7. The van der Waals surface area contributed by atoms with Gasteiger partial charge in [-0.15, -0.1) is 0 Å². The second-order valence-electron chi connectivity index (χ2n) is 7.30. The molecule has 8 nitrogen and oxygen atoms in total. The van der Waals surface area contributed by atoms with Crippen LogP contribution in [0.1, 0.15) is 40.2 Å². The molecule has 0 radical (unpaired) electrons. The number of carboxylic acid groups (broad SMARTS) is 1. The number of carbonyl (C=O) groups excluding carboxylic acids is 1. The van der Waals surface area contributed by atoms with Crippen molar-refractivity contribution in [2.75, 3.05) is 11.9 Å². The molecule has 0 atom stereocenters. The van der Waals surface area contributed by atoms with Crippen LogP contribution in [0.2, 0.25) is 0 Å². The minimum Gasteiger partial charge on any atom is -0.465 e. The largest absolute Gasteiger partial charge is 0.465 e. The van der Waals surface area contributed by atoms with E-state index < -0.39 is 6.09 Å². The molecule has 1 saturated carbocycles. The Labute approximate surface area is 173 Å². The van der Waals surface area contributed by atoms with E-state index in [1.165, 1.54) is 24.5 Å². The maximum absolute atomic E-state index is 12.1. The predicted octanol–water partition coefficient (Wildman–Crippen LogP) is 3.33. The Morgan fingerprint density at radius 3 is 2.70 bits per heavy atom. The predicted molar refractivity (Wildman–Crippen MR) is 116 cm³/mol. The first kappa shape index (κ1) is 19.7. The highest BCUT2D eigenvalue weighted by Gasteiger charge is 2.22. The Balaban J connectivity index is 0.000000200. The van der Waals surface area contributed by atoms with Crippen LogP contribution in [0, 0.1) is 0 Å². The molecule has 8 heteroatoms. The van der Waals surface area contributed by atoms with Crippen LogP contribution in [0.3, 0.4) is 0 Å². The summed E-state index contributed by atoms with van der Waals surface area (Å²) in [6, 6.07) is 13.9. The number of hydrogen-bond acceptors (Lipinski definition) is 4. The third-order valence-electron chi connectivity index (χ3n) is 5.09. The number of nitrogens with two attached hydrogens (primary N) is 1. The molecule has 30 heavy (non-hydrogen) atoms. The molecule has 2 aliphatic rings. The molecule has 1 fully saturated rings. The molecule has 0 spiro atoms. The smallest absolute Gasteiger partial charge is 0.409 e. The lowest BCUT2D eigenvalue weighted by atomic mass is 10.1. The molecule has 0 saturated heterocycles. The first-order valence-corrected chi connectivity index (χ1v) is 9.82. The van der Waals surface area contributed by atoms with Gasteiger partial charge < -0.3 is 15.4 Å². The Morgan fingerprint density at radius 1 is 1.27 bits per heavy atom. The molecule has 2 aromatic carbocycles. The molecule has 2 heterocycles. The van der Waals surface area contributed by atoms with E-state index in [2.05, 4.69) is 46.2 Å². The van der Waals surface area contributed by atoms with Gasteiger partial charge in [-0.2, -0.15) is 5.10 Å². The molecule has 2 amide bonds. The van der Waals surface area contributed by atoms with E-state index in [-0.39, 0.29) is 5.91 Å². The normalized spacial score (nSPS) is 14.5. The van der Waals surface area contributed by atoms with E-state index in [0.29, 0.717) is 24.3 Å². The monoisotopic (exact) mass is 405 g/mol. The summed E-state index contributed by atoms with van der Waals surface area (Å²) in [6.45, 7) is 0.987. The van der Waals surface area contributed by atoms with Crippen molar-refractivity contribution in [1.29, 1.82) is 0 Å². The molecule has 154 valence electrons. The van der Waals surface area contributed by atoms with Crippen molar-refractivity contribution in [3.63, 3.8) is 0 Å². The Bertz CT molecular complexity index is 1120. The second kappa shape index (κ2) is 8.38. The third kappa shape index (κ3) is 4.18. The number of hydrogen-bond donors (Lipinski definition) is 4. The molecular weight excluding hydrogens is 382 g/mol. The SMILES string of the molecule is NCCn1cc2c3c(cc(NC(=O)O)cc31)C(=O)NN=C2.c1ccc(C2CC2)cc1. The van der Waals surface area contributed by atoms with Crippen LogP contribution in [0.5, 0.6) is 0 Å². The lowest BCUT2D eigenvalue weighted by Gasteiger charge is -2.09. The highest BCUT2D eigenvalue weighted by atomic mass is 16.4. The van der Waals surface area contributed by atoms with Crippen LogP contribution in [-0.2, 0) is 6.54 Å². The summed E-state index contributed by atoms with van der Waals surface area (Å²) >= 11 is 0. The number of carbonyl (C=O) groups is 2. The first-order chi connectivity index (χ1) is 14.6. The molecule has 5 N–H and O–H groups in total. The van der Waals surface area contributed by atoms with Gasteiger partial charge in [-0.25, -0.2) is 10.2 Å². The van der Waals surface area contributed by atoms with Crippen LogP contribution in [0.15, 0.2) is 53.8 Å². The van der Waals surface area contributed by atoms with Crippen molar-refractivity contribution in [1.82, 2.24) is 9.99 Å². The highest BCUT2D eigenvalue weighted by Crippen LogP contribution is 2.39. The zero-order chi connectivity index (χ0) is 21.1. The van der Waals surface area contributed by atoms with Gasteiger partial charge in [-0.05, 0) is 36.5 Å². The van der Waals surface area contributed by atoms with Crippen molar-refractivity contribution in [2.24, 2.45) is 10.8 Å². The maximum atomic E-state index is 12.1. The standard InChI is InChI=1S/C13H13N5O3.C9H10/c14-1-2-18-6-7-5-15-17-12(19)9-3-8(16-13(20)21)4-10(18)11(7)9;1-2-4-8(5-3-1)9-6-7-9/h3-6,16H,1-2,14H2,(H,17,19)(H,20,21);1-5,9H,6-7H2. The third-order valence-corrected chi connectivity index (χ3v) is 5.09. The number of anilines is 1. The van der Waals surface area contributed by atoms with Gasteiger partial charge in [-0.1, -0.05) is 30.3 Å². The average molecular weight is 405 g/mol. The molecule has 1 aliphatic carbocycles. The number of amides is 2. The van der Waals surface area contributed by atoms with E-state index in [9.17, 15) is 9.59 Å². The van der Waals surface area contributed by atoms with E-state index >= 15 is 0 Å². The quantitative estimate of drug-likeness (QED) is 0.532. The van der Waals surface area contributed by atoms with Gasteiger partial charge in [0.25, 0.3) is 5.91 Å². The van der Waals surface area contributed by atoms with Crippen LogP contribution in [-0.4, -0.2) is 34.4 Å². The fraction of sp³-hybridized carbons (Fsp3) is 0.227. The molecule has 3 aromatic rings. The molecular formula is C22H23N5O3. The highest BCUT2D eigenvalue weighted by molar-refractivity contribution is 6.15. The Hall–Kier alpha value is -3.65. The topological polar surface area (TPSA) is 122 Å². The maximum Gasteiger partial charge on any atom is 0.409 e. The van der Waals surface area contributed by atoms with Gasteiger partial charge in [0.05, 0.1) is 17.3 Å². The van der Waals surface area contributed by atoms with Crippen LogP contribution in [0.4, 0.5) is 10.5 Å².